The van der Waals surface area contributed by atoms with E-state index in [9.17, 15) is 9.59 Å². The molecule has 1 aliphatic heterocycles. The third kappa shape index (κ3) is 3.28. The lowest BCUT2D eigenvalue weighted by Crippen LogP contribution is -2.32. The molecule has 0 spiro atoms. The molecule has 0 bridgehead atoms. The third-order valence-corrected chi connectivity index (χ3v) is 3.79. The molecular weight excluding hydrogens is 294 g/mol. The number of rotatable bonds is 4. The minimum Gasteiger partial charge on any atom is -0.466 e. The second-order valence-electron chi connectivity index (χ2n) is 5.26. The second-order valence-corrected chi connectivity index (χ2v) is 5.26. The van der Waals surface area contributed by atoms with Crippen LogP contribution >= 0.6 is 0 Å². The first-order valence-electron chi connectivity index (χ1n) is 7.50. The van der Waals surface area contributed by atoms with E-state index in [1.54, 1.807) is 20.8 Å². The van der Waals surface area contributed by atoms with Gasteiger partial charge in [-0.05, 0) is 26.3 Å². The van der Waals surface area contributed by atoms with E-state index in [0.717, 1.165) is 5.56 Å². The first kappa shape index (κ1) is 16.8. The van der Waals surface area contributed by atoms with Gasteiger partial charge < -0.3 is 14.8 Å². The summed E-state index contributed by atoms with van der Waals surface area (Å²) in [5.41, 5.74) is 3.06. The Bertz CT molecular complexity index is 674. The number of carbonyl (C=O) groups excluding carboxylic acids is 2. The lowest BCUT2D eigenvalue weighted by atomic mass is 9.80. The zero-order valence-corrected chi connectivity index (χ0v) is 13.8. The topological polar surface area (TPSA) is 64.6 Å². The number of carbonyl (C=O) groups is 2. The SMILES string of the molecule is CCOC(=O)C1=C(C)NC(C)=C(C(=O)OC)C1c1ccccc1. The number of benzene rings is 1. The number of nitrogens with one attached hydrogen (secondary N) is 1. The number of ether oxygens (including phenoxy) is 2. The van der Waals surface area contributed by atoms with Crippen LogP contribution in [0.5, 0.6) is 0 Å². The summed E-state index contributed by atoms with van der Waals surface area (Å²) < 4.78 is 10.1. The van der Waals surface area contributed by atoms with Crippen LogP contribution in [0.1, 0.15) is 32.3 Å². The van der Waals surface area contributed by atoms with Crippen molar-refractivity contribution in [1.29, 1.82) is 0 Å². The molecule has 0 fully saturated rings. The maximum atomic E-state index is 12.5. The molecular formula is C18H21NO4. The standard InChI is InChI=1S/C18H21NO4/c1-5-23-18(21)15-12(3)19-11(2)14(17(20)22-4)16(15)13-9-7-6-8-10-13/h6-10,16,19H,5H2,1-4H3. The van der Waals surface area contributed by atoms with E-state index in [2.05, 4.69) is 5.32 Å². The molecule has 1 aromatic carbocycles. The molecule has 0 aromatic heterocycles. The van der Waals surface area contributed by atoms with Gasteiger partial charge in [0.15, 0.2) is 0 Å². The van der Waals surface area contributed by atoms with Crippen LogP contribution in [0.2, 0.25) is 0 Å². The minimum absolute atomic E-state index is 0.271. The predicted molar refractivity (Wildman–Crippen MR) is 86.4 cm³/mol. The van der Waals surface area contributed by atoms with Crippen LogP contribution in [-0.4, -0.2) is 25.7 Å². The van der Waals surface area contributed by atoms with Gasteiger partial charge in [0, 0.05) is 11.4 Å². The molecule has 1 heterocycles. The van der Waals surface area contributed by atoms with Crippen molar-refractivity contribution < 1.29 is 19.1 Å². The highest BCUT2D eigenvalue weighted by Crippen LogP contribution is 2.38. The molecule has 2 rings (SSSR count). The molecule has 0 saturated carbocycles. The Morgan fingerprint density at radius 1 is 1.04 bits per heavy atom. The normalized spacial score (nSPS) is 17.7. The van der Waals surface area contributed by atoms with Gasteiger partial charge in [-0.3, -0.25) is 0 Å². The van der Waals surface area contributed by atoms with Crippen molar-refractivity contribution in [2.75, 3.05) is 13.7 Å². The highest BCUT2D eigenvalue weighted by molar-refractivity contribution is 5.99. The van der Waals surface area contributed by atoms with Gasteiger partial charge in [0.25, 0.3) is 0 Å². The Kier molecular flexibility index (Phi) is 5.21. The molecule has 23 heavy (non-hydrogen) atoms. The van der Waals surface area contributed by atoms with Crippen LogP contribution in [0.25, 0.3) is 0 Å². The molecule has 5 nitrogen and oxygen atoms in total. The highest BCUT2D eigenvalue weighted by atomic mass is 16.5. The predicted octanol–water partition coefficient (Wildman–Crippen LogP) is 2.66. The maximum Gasteiger partial charge on any atom is 0.336 e. The summed E-state index contributed by atoms with van der Waals surface area (Å²) in [5, 5.41) is 3.09. The number of esters is 2. The lowest BCUT2D eigenvalue weighted by molar-refractivity contribution is -0.139. The monoisotopic (exact) mass is 315 g/mol. The summed E-state index contributed by atoms with van der Waals surface area (Å²) in [6.45, 7) is 5.63. The van der Waals surface area contributed by atoms with Gasteiger partial charge in [0.2, 0.25) is 0 Å². The zero-order chi connectivity index (χ0) is 17.0. The smallest absolute Gasteiger partial charge is 0.336 e. The van der Waals surface area contributed by atoms with Crippen LogP contribution in [0.4, 0.5) is 0 Å². The molecule has 0 aliphatic carbocycles. The van der Waals surface area contributed by atoms with E-state index in [-0.39, 0.29) is 6.61 Å². The first-order valence-corrected chi connectivity index (χ1v) is 7.50. The highest BCUT2D eigenvalue weighted by Gasteiger charge is 2.37. The molecule has 122 valence electrons. The number of allylic oxidation sites excluding steroid dienone is 2. The fraction of sp³-hybridized carbons (Fsp3) is 0.333. The average Bonchev–Trinajstić information content (AvgIpc) is 2.54. The fourth-order valence-electron chi connectivity index (χ4n) is 2.83. The zero-order valence-electron chi connectivity index (χ0n) is 13.8. The Labute approximate surface area is 136 Å². The van der Waals surface area contributed by atoms with Gasteiger partial charge in [-0.2, -0.15) is 0 Å². The number of methoxy groups -OCH3 is 1. The van der Waals surface area contributed by atoms with Gasteiger partial charge in [0.05, 0.1) is 30.8 Å². The first-order chi connectivity index (χ1) is 11.0. The van der Waals surface area contributed by atoms with Gasteiger partial charge in [-0.25, -0.2) is 9.59 Å². The van der Waals surface area contributed by atoms with Crippen molar-refractivity contribution >= 4 is 11.9 Å². The Morgan fingerprint density at radius 3 is 2.13 bits per heavy atom. The van der Waals surface area contributed by atoms with Crippen LogP contribution in [0.15, 0.2) is 52.9 Å². The number of hydrogen-bond acceptors (Lipinski definition) is 5. The molecule has 1 aromatic rings. The van der Waals surface area contributed by atoms with Crippen molar-refractivity contribution in [2.45, 2.75) is 26.7 Å². The van der Waals surface area contributed by atoms with Crippen LogP contribution in [0.3, 0.4) is 0 Å². The number of hydrogen-bond donors (Lipinski definition) is 1. The summed E-state index contributed by atoms with van der Waals surface area (Å²) in [6, 6.07) is 9.41. The van der Waals surface area contributed by atoms with E-state index in [1.165, 1.54) is 7.11 Å². The average molecular weight is 315 g/mol. The Hall–Kier alpha value is -2.56. The Morgan fingerprint density at radius 2 is 1.61 bits per heavy atom. The summed E-state index contributed by atoms with van der Waals surface area (Å²) in [4.78, 5) is 24.8. The van der Waals surface area contributed by atoms with Gasteiger partial charge >= 0.3 is 11.9 Å². The second kappa shape index (κ2) is 7.13. The molecule has 0 amide bonds. The van der Waals surface area contributed by atoms with Crippen LogP contribution in [-0.2, 0) is 19.1 Å². The van der Waals surface area contributed by atoms with Crippen LogP contribution < -0.4 is 5.32 Å². The van der Waals surface area contributed by atoms with Gasteiger partial charge in [0.1, 0.15) is 0 Å². The van der Waals surface area contributed by atoms with Crippen molar-refractivity contribution in [3.05, 3.63) is 58.4 Å². The lowest BCUT2D eigenvalue weighted by Gasteiger charge is -2.30. The van der Waals surface area contributed by atoms with E-state index < -0.39 is 17.9 Å². The minimum atomic E-state index is -0.510. The largest absolute Gasteiger partial charge is 0.466 e. The van der Waals surface area contributed by atoms with Crippen molar-refractivity contribution in [2.24, 2.45) is 0 Å². The molecule has 0 saturated heterocycles. The summed E-state index contributed by atoms with van der Waals surface area (Å²) in [6.07, 6.45) is 0. The van der Waals surface area contributed by atoms with Crippen molar-refractivity contribution in [3.8, 4) is 0 Å². The molecule has 0 radical (unpaired) electrons. The number of dihydropyridines is 1. The van der Waals surface area contributed by atoms with E-state index in [4.69, 9.17) is 9.47 Å². The van der Waals surface area contributed by atoms with Crippen molar-refractivity contribution in [3.63, 3.8) is 0 Å². The van der Waals surface area contributed by atoms with E-state index in [0.29, 0.717) is 22.5 Å². The summed E-state index contributed by atoms with van der Waals surface area (Å²) >= 11 is 0. The van der Waals surface area contributed by atoms with Gasteiger partial charge in [-0.1, -0.05) is 30.3 Å². The van der Waals surface area contributed by atoms with E-state index in [1.807, 2.05) is 30.3 Å². The third-order valence-electron chi connectivity index (χ3n) is 3.79. The molecule has 1 unspecified atom stereocenters. The van der Waals surface area contributed by atoms with Crippen LogP contribution in [0, 0.1) is 0 Å². The summed E-state index contributed by atoms with van der Waals surface area (Å²) in [7, 11) is 1.33. The van der Waals surface area contributed by atoms with Gasteiger partial charge in [-0.15, -0.1) is 0 Å². The van der Waals surface area contributed by atoms with E-state index >= 15 is 0 Å². The molecule has 1 atom stereocenters. The Balaban J connectivity index is 2.62. The summed E-state index contributed by atoms with van der Waals surface area (Å²) in [5.74, 6) is -1.40. The maximum absolute atomic E-state index is 12.5. The molecule has 1 aliphatic rings. The molecule has 1 N–H and O–H groups in total. The fourth-order valence-corrected chi connectivity index (χ4v) is 2.83. The quantitative estimate of drug-likeness (QED) is 0.865. The molecule has 5 heteroatoms. The van der Waals surface area contributed by atoms with Crippen molar-refractivity contribution in [1.82, 2.24) is 5.32 Å².